The van der Waals surface area contributed by atoms with Crippen LogP contribution < -0.4 is 5.56 Å². The number of nitrogens with zero attached hydrogens (tertiary/aromatic N) is 1. The molecule has 2 N–H and O–H groups in total. The summed E-state index contributed by atoms with van der Waals surface area (Å²) in [4.78, 5) is 41.7. The Morgan fingerprint density at radius 3 is 2.77 bits per heavy atom. The molecule has 0 amide bonds. The molecule has 0 unspecified atom stereocenters. The number of fused-ring (bicyclic) bond motifs is 1. The van der Waals surface area contributed by atoms with Crippen molar-refractivity contribution in [3.05, 3.63) is 33.7 Å². The van der Waals surface area contributed by atoms with Crippen molar-refractivity contribution in [3.63, 3.8) is 0 Å². The average Bonchev–Trinajstić information content (AvgIpc) is 2.52. The fourth-order valence-electron chi connectivity index (χ4n) is 1.97. The first-order valence-corrected chi connectivity index (χ1v) is 7.90. The molecule has 0 atom stereocenters. The zero-order valence-corrected chi connectivity index (χ0v) is 13.8. The number of ether oxygens (including phenoxy) is 1. The molecule has 8 heteroatoms. The minimum absolute atomic E-state index is 0.154. The van der Waals surface area contributed by atoms with Gasteiger partial charge < -0.3 is 14.8 Å². The Hall–Kier alpha value is -1.97. The van der Waals surface area contributed by atoms with Gasteiger partial charge in [-0.2, -0.15) is 0 Å². The number of methoxy groups -OCH3 is 1. The highest BCUT2D eigenvalue weighted by atomic mass is 127. The number of nitrogens with one attached hydrogen (secondary N) is 1. The number of aromatic amines is 1. The predicted octanol–water partition coefficient (Wildman–Crippen LogP) is 1.70. The van der Waals surface area contributed by atoms with E-state index >= 15 is 0 Å². The number of halogens is 1. The quantitative estimate of drug-likeness (QED) is 0.333. The van der Waals surface area contributed by atoms with Gasteiger partial charge in [0.05, 0.1) is 18.9 Å². The topological polar surface area (TPSA) is 109 Å². The number of esters is 1. The number of Topliss-reactive ketones (excluding diaryl/α,β-unsaturated/α-hetero) is 1. The van der Waals surface area contributed by atoms with E-state index in [-0.39, 0.29) is 24.1 Å². The molecule has 2 rings (SSSR count). The van der Waals surface area contributed by atoms with Gasteiger partial charge in [-0.15, -0.1) is 0 Å². The minimum atomic E-state index is -0.727. The van der Waals surface area contributed by atoms with Crippen LogP contribution in [0.25, 0.3) is 11.0 Å². The molecular weight excluding hydrogens is 403 g/mol. The summed E-state index contributed by atoms with van der Waals surface area (Å²) in [5.74, 6) is -1.59. The summed E-state index contributed by atoms with van der Waals surface area (Å²) in [5, 5.41) is 10.5. The zero-order valence-electron chi connectivity index (χ0n) is 11.7. The van der Waals surface area contributed by atoms with Crippen molar-refractivity contribution >= 4 is 45.4 Å². The third-order valence-electron chi connectivity index (χ3n) is 3.11. The summed E-state index contributed by atoms with van der Waals surface area (Å²) in [6.45, 7) is 0. The van der Waals surface area contributed by atoms with Crippen LogP contribution >= 0.6 is 22.6 Å². The summed E-state index contributed by atoms with van der Waals surface area (Å²) in [6.07, 6.45) is 1.22. The Morgan fingerprint density at radius 2 is 2.14 bits per heavy atom. The number of rotatable bonds is 5. The SMILES string of the molecule is COC(=O)CCC(=O)c1c(O)c2cc(CI)cnc2[nH]c1=O. The van der Waals surface area contributed by atoms with Gasteiger partial charge in [-0.3, -0.25) is 14.4 Å². The Kier molecular flexibility index (Phi) is 5.11. The lowest BCUT2D eigenvalue weighted by atomic mass is 10.0. The summed E-state index contributed by atoms with van der Waals surface area (Å²) in [5.41, 5.74) is -0.0255. The number of alkyl halides is 1. The average molecular weight is 416 g/mol. The van der Waals surface area contributed by atoms with Crippen molar-refractivity contribution in [2.24, 2.45) is 0 Å². The van der Waals surface area contributed by atoms with Crippen LogP contribution in [0.4, 0.5) is 0 Å². The molecule has 2 heterocycles. The van der Waals surface area contributed by atoms with Gasteiger partial charge in [0, 0.05) is 17.0 Å². The molecule has 22 heavy (non-hydrogen) atoms. The van der Waals surface area contributed by atoms with E-state index in [1.165, 1.54) is 7.11 Å². The second-order valence-electron chi connectivity index (χ2n) is 4.55. The van der Waals surface area contributed by atoms with Gasteiger partial charge in [0.25, 0.3) is 5.56 Å². The molecule has 0 aromatic carbocycles. The molecule has 0 saturated carbocycles. The summed E-state index contributed by atoms with van der Waals surface area (Å²) < 4.78 is 5.12. The highest BCUT2D eigenvalue weighted by Gasteiger charge is 2.20. The monoisotopic (exact) mass is 416 g/mol. The van der Waals surface area contributed by atoms with Crippen molar-refractivity contribution in [1.82, 2.24) is 9.97 Å². The van der Waals surface area contributed by atoms with Crippen LogP contribution in [0.1, 0.15) is 28.8 Å². The standard InChI is InChI=1S/C14H13IN2O5/c1-22-10(19)3-2-9(18)11-12(20)8-4-7(5-15)6-16-13(8)17-14(11)21/h4,6H,2-3,5H2,1H3,(H2,16,17,20,21). The normalized spacial score (nSPS) is 10.6. The highest BCUT2D eigenvalue weighted by Crippen LogP contribution is 2.26. The van der Waals surface area contributed by atoms with Crippen LogP contribution in [-0.4, -0.2) is 33.9 Å². The first-order chi connectivity index (χ1) is 10.5. The third kappa shape index (κ3) is 3.26. The Balaban J connectivity index is 2.47. The molecule has 0 bridgehead atoms. The van der Waals surface area contributed by atoms with Gasteiger partial charge in [0.15, 0.2) is 5.78 Å². The molecule has 2 aromatic rings. The molecule has 7 nitrogen and oxygen atoms in total. The van der Waals surface area contributed by atoms with Crippen molar-refractivity contribution in [2.45, 2.75) is 17.3 Å². The maximum Gasteiger partial charge on any atom is 0.305 e. The smallest absolute Gasteiger partial charge is 0.305 e. The number of aromatic hydroxyl groups is 1. The Labute approximate surface area is 138 Å². The number of carbonyl (C=O) groups excluding carboxylic acids is 2. The van der Waals surface area contributed by atoms with Crippen molar-refractivity contribution in [2.75, 3.05) is 7.11 Å². The van der Waals surface area contributed by atoms with Crippen molar-refractivity contribution in [1.29, 1.82) is 0 Å². The summed E-state index contributed by atoms with van der Waals surface area (Å²) in [6, 6.07) is 1.66. The molecule has 0 aliphatic heterocycles. The first kappa shape index (κ1) is 16.4. The zero-order chi connectivity index (χ0) is 16.3. The van der Waals surface area contributed by atoms with Crippen LogP contribution in [-0.2, 0) is 14.0 Å². The van der Waals surface area contributed by atoms with E-state index in [1.807, 2.05) is 0 Å². The number of carbonyl (C=O) groups is 2. The third-order valence-corrected chi connectivity index (χ3v) is 3.99. The molecule has 0 aliphatic carbocycles. The number of aromatic nitrogens is 2. The van der Waals surface area contributed by atoms with E-state index in [9.17, 15) is 19.5 Å². The second-order valence-corrected chi connectivity index (χ2v) is 5.31. The van der Waals surface area contributed by atoms with Crippen LogP contribution in [0.3, 0.4) is 0 Å². The second kappa shape index (κ2) is 6.86. The maximum atomic E-state index is 12.1. The van der Waals surface area contributed by atoms with Crippen LogP contribution in [0, 0.1) is 0 Å². The first-order valence-electron chi connectivity index (χ1n) is 6.37. The Morgan fingerprint density at radius 1 is 1.41 bits per heavy atom. The van der Waals surface area contributed by atoms with E-state index in [2.05, 4.69) is 37.3 Å². The largest absolute Gasteiger partial charge is 0.506 e. The molecule has 0 spiro atoms. The molecule has 0 radical (unpaired) electrons. The van der Waals surface area contributed by atoms with Gasteiger partial charge in [0.1, 0.15) is 17.0 Å². The van der Waals surface area contributed by atoms with Gasteiger partial charge >= 0.3 is 5.97 Å². The van der Waals surface area contributed by atoms with Gasteiger partial charge in [-0.05, 0) is 11.6 Å². The van der Waals surface area contributed by atoms with Gasteiger partial charge in [0.2, 0.25) is 0 Å². The minimum Gasteiger partial charge on any atom is -0.506 e. The molecule has 0 aliphatic rings. The van der Waals surface area contributed by atoms with E-state index in [1.54, 1.807) is 12.3 Å². The van der Waals surface area contributed by atoms with Gasteiger partial charge in [-0.25, -0.2) is 4.98 Å². The van der Waals surface area contributed by atoms with Crippen molar-refractivity contribution < 1.29 is 19.4 Å². The maximum absolute atomic E-state index is 12.1. The number of hydrogen-bond acceptors (Lipinski definition) is 6. The molecule has 116 valence electrons. The van der Waals surface area contributed by atoms with Crippen LogP contribution in [0.5, 0.6) is 5.75 Å². The highest BCUT2D eigenvalue weighted by molar-refractivity contribution is 14.1. The number of ketones is 1. The fraction of sp³-hybridized carbons (Fsp3) is 0.286. The summed E-state index contributed by atoms with van der Waals surface area (Å²) in [7, 11) is 1.21. The van der Waals surface area contributed by atoms with E-state index in [0.29, 0.717) is 9.81 Å². The molecular formula is C14H13IN2O5. The molecule has 2 aromatic heterocycles. The van der Waals surface area contributed by atoms with E-state index < -0.39 is 23.1 Å². The number of H-pyrrole nitrogens is 1. The molecule has 0 fully saturated rings. The lowest BCUT2D eigenvalue weighted by Gasteiger charge is -2.07. The number of pyridine rings is 2. The number of hydrogen-bond donors (Lipinski definition) is 2. The van der Waals surface area contributed by atoms with E-state index in [0.717, 1.165) is 5.56 Å². The van der Waals surface area contributed by atoms with Crippen LogP contribution in [0.2, 0.25) is 0 Å². The Bertz CT molecular complexity index is 800. The fourth-order valence-corrected chi connectivity index (χ4v) is 2.39. The predicted molar refractivity (Wildman–Crippen MR) is 87.3 cm³/mol. The summed E-state index contributed by atoms with van der Waals surface area (Å²) >= 11 is 2.14. The molecule has 0 saturated heterocycles. The van der Waals surface area contributed by atoms with E-state index in [4.69, 9.17) is 0 Å². The lowest BCUT2D eigenvalue weighted by Crippen LogP contribution is -2.19. The van der Waals surface area contributed by atoms with Crippen molar-refractivity contribution in [3.8, 4) is 5.75 Å². The van der Waals surface area contributed by atoms with Crippen LogP contribution in [0.15, 0.2) is 17.1 Å². The van der Waals surface area contributed by atoms with Gasteiger partial charge in [-0.1, -0.05) is 22.6 Å². The lowest BCUT2D eigenvalue weighted by molar-refractivity contribution is -0.140.